The van der Waals surface area contributed by atoms with Crippen molar-refractivity contribution in [3.8, 4) is 0 Å². The maximum absolute atomic E-state index is 13.3. The molecule has 0 spiro atoms. The Kier molecular flexibility index (Phi) is 5.02. The highest BCUT2D eigenvalue weighted by molar-refractivity contribution is 8.24. The van der Waals surface area contributed by atoms with Gasteiger partial charge in [-0.05, 0) is 35.1 Å². The van der Waals surface area contributed by atoms with Crippen LogP contribution in [0.1, 0.15) is 74.4 Å². The van der Waals surface area contributed by atoms with Crippen molar-refractivity contribution in [1.82, 2.24) is 0 Å². The largest absolute Gasteiger partial charge is 0.289 e. The van der Waals surface area contributed by atoms with Crippen LogP contribution in [0.25, 0.3) is 0 Å². The Bertz CT molecular complexity index is 934. The fourth-order valence-electron chi connectivity index (χ4n) is 3.88. The molecule has 1 unspecified atom stereocenters. The van der Waals surface area contributed by atoms with Crippen molar-refractivity contribution < 1.29 is 4.79 Å². The lowest BCUT2D eigenvalue weighted by atomic mass is 9.87. The molecule has 0 aromatic heterocycles. The van der Waals surface area contributed by atoms with Gasteiger partial charge in [-0.1, -0.05) is 94.4 Å². The Hall–Kier alpha value is -1.45. The molecule has 1 nitrogen and oxygen atoms in total. The molecule has 0 bridgehead atoms. The molecule has 0 saturated carbocycles. The summed E-state index contributed by atoms with van der Waals surface area (Å²) in [6.07, 6.45) is 3.37. The quantitative estimate of drug-likeness (QED) is 0.500. The summed E-state index contributed by atoms with van der Waals surface area (Å²) in [5.74, 6) is 0.491. The zero-order valence-electron chi connectivity index (χ0n) is 16.5. The summed E-state index contributed by atoms with van der Waals surface area (Å²) in [7, 11) is 0. The zero-order chi connectivity index (χ0) is 19.2. The van der Waals surface area contributed by atoms with Crippen LogP contribution >= 0.6 is 23.5 Å². The minimum atomic E-state index is 0.138. The summed E-state index contributed by atoms with van der Waals surface area (Å²) < 4.78 is 1.19. The summed E-state index contributed by atoms with van der Waals surface area (Å²) in [5.41, 5.74) is 4.66. The summed E-state index contributed by atoms with van der Waals surface area (Å²) in [4.78, 5) is 15.8. The van der Waals surface area contributed by atoms with E-state index in [4.69, 9.17) is 0 Å². The summed E-state index contributed by atoms with van der Waals surface area (Å²) >= 11 is 3.58. The van der Waals surface area contributed by atoms with Crippen molar-refractivity contribution in [2.45, 2.75) is 68.1 Å². The number of ketones is 1. The van der Waals surface area contributed by atoms with Gasteiger partial charge >= 0.3 is 0 Å². The van der Waals surface area contributed by atoms with Crippen molar-refractivity contribution in [2.75, 3.05) is 0 Å². The van der Waals surface area contributed by atoms with E-state index in [9.17, 15) is 4.79 Å². The van der Waals surface area contributed by atoms with Gasteiger partial charge in [0.1, 0.15) is 0 Å². The number of fused-ring (bicyclic) bond motifs is 2. The first-order valence-corrected chi connectivity index (χ1v) is 11.4. The molecule has 1 aliphatic carbocycles. The van der Waals surface area contributed by atoms with E-state index in [1.165, 1.54) is 25.2 Å². The third kappa shape index (κ3) is 3.40. The van der Waals surface area contributed by atoms with E-state index < -0.39 is 0 Å². The third-order valence-corrected chi connectivity index (χ3v) is 8.03. The Morgan fingerprint density at radius 3 is 2.48 bits per heavy atom. The Labute approximate surface area is 171 Å². The Morgan fingerprint density at radius 1 is 1.00 bits per heavy atom. The molecule has 2 aromatic rings. The predicted molar refractivity (Wildman–Crippen MR) is 117 cm³/mol. The van der Waals surface area contributed by atoms with Crippen molar-refractivity contribution in [1.29, 1.82) is 0 Å². The highest BCUT2D eigenvalue weighted by atomic mass is 32.2. The number of benzene rings is 2. The van der Waals surface area contributed by atoms with Crippen LogP contribution in [0.15, 0.2) is 62.1 Å². The number of allylic oxidation sites excluding steroid dienone is 1. The van der Waals surface area contributed by atoms with Gasteiger partial charge in [0.15, 0.2) is 5.78 Å². The number of carbonyl (C=O) groups excluding carboxylic acids is 1. The normalized spacial score (nSPS) is 21.5. The van der Waals surface area contributed by atoms with Crippen LogP contribution in [-0.4, -0.2) is 5.78 Å². The molecule has 3 heteroatoms. The fourth-order valence-corrected chi connectivity index (χ4v) is 6.57. The van der Waals surface area contributed by atoms with E-state index in [0.29, 0.717) is 0 Å². The molecule has 4 rings (SSSR count). The van der Waals surface area contributed by atoms with Gasteiger partial charge in [-0.3, -0.25) is 4.79 Å². The third-order valence-electron chi connectivity index (χ3n) is 5.46. The van der Waals surface area contributed by atoms with Gasteiger partial charge in [-0.15, -0.1) is 0 Å². The first kappa shape index (κ1) is 18.9. The van der Waals surface area contributed by atoms with Crippen molar-refractivity contribution in [3.63, 3.8) is 0 Å². The smallest absolute Gasteiger partial charge is 0.191 e. The molecule has 1 atom stereocenters. The standard InChI is InChI=1S/C24H26OS2/c1-5-6-9-17-16-10-7-8-11-18(16)22(25)21(17)23-26-19-13-12-15(24(2,3)4)14-20(19)27-23/h7-8,10-14,17H,5-6,9H2,1-4H3. The Balaban J connectivity index is 1.74. The van der Waals surface area contributed by atoms with Crippen LogP contribution in [0.3, 0.4) is 0 Å². The van der Waals surface area contributed by atoms with Crippen LogP contribution in [0, 0.1) is 0 Å². The molecule has 1 aliphatic heterocycles. The number of hydrogen-bond acceptors (Lipinski definition) is 3. The highest BCUT2D eigenvalue weighted by Crippen LogP contribution is 2.57. The SMILES string of the molecule is CCCCC1C(=C2Sc3ccc(C(C)(C)C)cc3S2)C(=O)c2ccccc21. The topological polar surface area (TPSA) is 17.1 Å². The molecule has 0 saturated heterocycles. The predicted octanol–water partition coefficient (Wildman–Crippen LogP) is 7.56. The molecule has 0 amide bonds. The fraction of sp³-hybridized carbons (Fsp3) is 0.375. The summed E-state index contributed by atoms with van der Waals surface area (Å²) in [6, 6.07) is 15.0. The second-order valence-corrected chi connectivity index (χ2v) is 10.8. The molecule has 2 aromatic carbocycles. The van der Waals surface area contributed by atoms with E-state index >= 15 is 0 Å². The monoisotopic (exact) mass is 394 g/mol. The van der Waals surface area contributed by atoms with Gasteiger partial charge in [0.2, 0.25) is 0 Å². The van der Waals surface area contributed by atoms with E-state index in [1.54, 1.807) is 23.5 Å². The second-order valence-electron chi connectivity index (χ2n) is 8.43. The lowest BCUT2D eigenvalue weighted by Crippen LogP contribution is -2.10. The highest BCUT2D eigenvalue weighted by Gasteiger charge is 2.38. The van der Waals surface area contributed by atoms with E-state index in [-0.39, 0.29) is 17.1 Å². The van der Waals surface area contributed by atoms with Crippen LogP contribution < -0.4 is 0 Å². The van der Waals surface area contributed by atoms with Crippen LogP contribution in [0.5, 0.6) is 0 Å². The molecule has 2 aliphatic rings. The van der Waals surface area contributed by atoms with Gasteiger partial charge in [-0.25, -0.2) is 0 Å². The van der Waals surface area contributed by atoms with E-state index in [2.05, 4.69) is 58.0 Å². The molecular weight excluding hydrogens is 368 g/mol. The number of Topliss-reactive ketones (excluding diaryl/α,β-unsaturated/α-hetero) is 1. The number of rotatable bonds is 3. The number of unbranched alkanes of at least 4 members (excludes halogenated alkanes) is 1. The number of thioether (sulfide) groups is 2. The van der Waals surface area contributed by atoms with Crippen molar-refractivity contribution >= 4 is 29.3 Å². The van der Waals surface area contributed by atoms with Crippen LogP contribution in [0.4, 0.5) is 0 Å². The first-order valence-electron chi connectivity index (χ1n) is 9.78. The molecule has 0 fully saturated rings. The number of carbonyl (C=O) groups is 1. The van der Waals surface area contributed by atoms with Gasteiger partial charge in [0, 0.05) is 26.8 Å². The molecule has 27 heavy (non-hydrogen) atoms. The van der Waals surface area contributed by atoms with Crippen molar-refractivity contribution in [2.24, 2.45) is 0 Å². The summed E-state index contributed by atoms with van der Waals surface area (Å²) in [6.45, 7) is 8.97. The Morgan fingerprint density at radius 2 is 1.74 bits per heavy atom. The van der Waals surface area contributed by atoms with Crippen LogP contribution in [-0.2, 0) is 5.41 Å². The van der Waals surface area contributed by atoms with Crippen molar-refractivity contribution in [3.05, 3.63) is 69.0 Å². The molecule has 0 radical (unpaired) electrons. The molecule has 140 valence electrons. The first-order chi connectivity index (χ1) is 12.9. The van der Waals surface area contributed by atoms with Gasteiger partial charge < -0.3 is 0 Å². The zero-order valence-corrected chi connectivity index (χ0v) is 18.1. The average Bonchev–Trinajstić information content (AvgIpc) is 3.17. The lowest BCUT2D eigenvalue weighted by Gasteiger charge is -2.19. The maximum atomic E-state index is 13.3. The molecule has 0 N–H and O–H groups in total. The van der Waals surface area contributed by atoms with Gasteiger partial charge in [0.25, 0.3) is 0 Å². The van der Waals surface area contributed by atoms with E-state index in [0.717, 1.165) is 30.4 Å². The van der Waals surface area contributed by atoms with Gasteiger partial charge in [-0.2, -0.15) is 0 Å². The maximum Gasteiger partial charge on any atom is 0.191 e. The number of hydrogen-bond donors (Lipinski definition) is 0. The summed E-state index contributed by atoms with van der Waals surface area (Å²) in [5, 5.41) is 0. The molecule has 1 heterocycles. The van der Waals surface area contributed by atoms with Gasteiger partial charge in [0.05, 0.1) is 4.24 Å². The minimum absolute atomic E-state index is 0.138. The van der Waals surface area contributed by atoms with Crippen LogP contribution in [0.2, 0.25) is 0 Å². The van der Waals surface area contributed by atoms with E-state index in [1.807, 2.05) is 12.1 Å². The second kappa shape index (κ2) is 7.18. The molecular formula is C24H26OS2. The lowest BCUT2D eigenvalue weighted by molar-refractivity contribution is 0.103. The average molecular weight is 395 g/mol. The minimum Gasteiger partial charge on any atom is -0.289 e.